The Kier molecular flexibility index (Phi) is 20.8. The van der Waals surface area contributed by atoms with E-state index in [0.29, 0.717) is 6.42 Å². The van der Waals surface area contributed by atoms with Gasteiger partial charge < -0.3 is 0 Å². The van der Waals surface area contributed by atoms with Gasteiger partial charge in [-0.25, -0.2) is 0 Å². The normalized spacial score (nSPS) is 13.9. The Hall–Kier alpha value is -0.924. The van der Waals surface area contributed by atoms with Crippen LogP contribution in [0.25, 0.3) is 0 Å². The maximum atomic E-state index is 14.0. The van der Waals surface area contributed by atoms with E-state index in [-0.39, 0.29) is 39.4 Å². The van der Waals surface area contributed by atoms with Gasteiger partial charge in [-0.2, -0.15) is 0 Å². The summed E-state index contributed by atoms with van der Waals surface area (Å²) in [5.74, 6) is 3.25. The molecule has 0 aromatic rings. The first-order valence-corrected chi connectivity index (χ1v) is 29.0. The number of nitrogens with zero attached hydrogens (tertiary/aromatic N) is 2. The summed E-state index contributed by atoms with van der Waals surface area (Å²) in [6, 6.07) is 0.0475. The van der Waals surface area contributed by atoms with Gasteiger partial charge in [0, 0.05) is 0 Å². The fraction of sp³-hybridized carbons (Fsp3) is 0.892. The van der Waals surface area contributed by atoms with Gasteiger partial charge in [0.25, 0.3) is 0 Å². The second-order valence-corrected chi connectivity index (χ2v) is 34.6. The Labute approximate surface area is 290 Å². The summed E-state index contributed by atoms with van der Waals surface area (Å²) in [6.45, 7) is 34.0. The molecule has 0 bridgehead atoms. The quantitative estimate of drug-likeness (QED) is 0.0966. The van der Waals surface area contributed by atoms with E-state index in [1.165, 1.54) is 13.3 Å². The summed E-state index contributed by atoms with van der Waals surface area (Å²) in [7, 11) is -2.28. The van der Waals surface area contributed by atoms with E-state index in [1.807, 2.05) is 32.6 Å². The summed E-state index contributed by atoms with van der Waals surface area (Å²) < 4.78 is 22.7. The summed E-state index contributed by atoms with van der Waals surface area (Å²) in [4.78, 5) is 30.6. The summed E-state index contributed by atoms with van der Waals surface area (Å²) in [5.41, 5.74) is 0. The Morgan fingerprint density at radius 1 is 0.717 bits per heavy atom. The number of hydrogen-bond acceptors (Lipinski definition) is 5. The van der Waals surface area contributed by atoms with Gasteiger partial charge in [-0.1, -0.05) is 0 Å². The predicted molar refractivity (Wildman–Crippen MR) is 200 cm³/mol. The molecule has 0 N–H and O–H groups in total. The second kappa shape index (κ2) is 21.2. The van der Waals surface area contributed by atoms with Crippen molar-refractivity contribution in [1.29, 1.82) is 0 Å². The van der Waals surface area contributed by atoms with Crippen LogP contribution >= 0.6 is 0 Å². The number of rotatable bonds is 19. The van der Waals surface area contributed by atoms with Crippen molar-refractivity contribution in [3.8, 4) is 12.0 Å². The van der Waals surface area contributed by atoms with Crippen LogP contribution in [0, 0.1) is 12.0 Å². The Morgan fingerprint density at radius 3 is 1.46 bits per heavy atom. The molecule has 1 unspecified atom stereocenters. The van der Waals surface area contributed by atoms with E-state index in [0.717, 1.165) is 38.5 Å². The number of amides is 2. The zero-order valence-corrected chi connectivity index (χ0v) is 36.8. The van der Waals surface area contributed by atoms with Gasteiger partial charge in [0.05, 0.1) is 0 Å². The van der Waals surface area contributed by atoms with Crippen LogP contribution in [0.3, 0.4) is 0 Å². The minimum absolute atomic E-state index is 0.00684. The fourth-order valence-electron chi connectivity index (χ4n) is 6.14. The first-order valence-electron chi connectivity index (χ1n) is 18.4. The van der Waals surface area contributed by atoms with Gasteiger partial charge in [0.1, 0.15) is 0 Å². The molecule has 2 amide bonds. The molecule has 0 saturated heterocycles. The van der Waals surface area contributed by atoms with Crippen LogP contribution in [0.1, 0.15) is 142 Å². The molecule has 0 aliphatic heterocycles. The number of carbonyl (C=O) groups excluding carboxylic acids is 2. The van der Waals surface area contributed by atoms with Crippen molar-refractivity contribution in [1.82, 2.24) is 9.80 Å². The van der Waals surface area contributed by atoms with Gasteiger partial charge in [-0.05, 0) is 0 Å². The van der Waals surface area contributed by atoms with Gasteiger partial charge in [-0.3, -0.25) is 0 Å². The monoisotopic (exact) mass is 774 g/mol. The average molecular weight is 774 g/mol. The standard InChI is InChI=1S/C25H47N2O5Si.3C4H9.Sn/c1-18(2)26(19(3)4)23(28)30-16-14-22(32-33(12,13)25(9,10)11)15-17-31-24(29)27(20(5)6)21(7)8;3*1-3-4-2;/h16,18-22H,14H2,1-13H3;3*1,3-4H2,2H3;. The van der Waals surface area contributed by atoms with Gasteiger partial charge in [0.15, 0.2) is 0 Å². The van der Waals surface area contributed by atoms with Crippen molar-refractivity contribution in [2.75, 3.05) is 0 Å². The van der Waals surface area contributed by atoms with E-state index in [9.17, 15) is 9.59 Å². The molecule has 270 valence electrons. The molecule has 0 aliphatic carbocycles. The van der Waals surface area contributed by atoms with Crippen LogP contribution in [0.4, 0.5) is 9.59 Å². The van der Waals surface area contributed by atoms with E-state index in [4.69, 9.17) is 13.9 Å². The number of carbonyl (C=O) groups is 2. The van der Waals surface area contributed by atoms with Crippen molar-refractivity contribution in [2.24, 2.45) is 0 Å². The van der Waals surface area contributed by atoms with E-state index in [1.54, 1.807) is 4.90 Å². The predicted octanol–water partition coefficient (Wildman–Crippen LogP) is 11.0. The fourth-order valence-corrected chi connectivity index (χ4v) is 24.4. The first-order chi connectivity index (χ1) is 21.2. The molecule has 0 fully saturated rings. The van der Waals surface area contributed by atoms with Crippen LogP contribution in [0.5, 0.6) is 0 Å². The van der Waals surface area contributed by atoms with E-state index in [2.05, 4.69) is 94.4 Å². The molecule has 0 saturated carbocycles. The first kappa shape index (κ1) is 45.1. The van der Waals surface area contributed by atoms with Crippen molar-refractivity contribution in [3.63, 3.8) is 0 Å². The molecular formula is C37H74N2O5SiSn. The second-order valence-electron chi connectivity index (χ2n) is 16.0. The molecule has 0 heterocycles. The van der Waals surface area contributed by atoms with Crippen molar-refractivity contribution >= 4 is 38.9 Å². The molecule has 0 aliphatic rings. The van der Waals surface area contributed by atoms with Gasteiger partial charge in [-0.15, -0.1) is 0 Å². The molecule has 9 heteroatoms. The molecule has 2 atom stereocenters. The third-order valence-corrected chi connectivity index (χ3v) is 30.6. The zero-order chi connectivity index (χ0) is 35.9. The van der Waals surface area contributed by atoms with Crippen LogP contribution < -0.4 is 0 Å². The van der Waals surface area contributed by atoms with Crippen molar-refractivity contribution < 1.29 is 23.5 Å². The van der Waals surface area contributed by atoms with Gasteiger partial charge in [0.2, 0.25) is 0 Å². The number of unbranched alkanes of at least 4 members (excludes halogenated alkanes) is 3. The molecule has 0 spiro atoms. The SMILES string of the molecule is CCC[CH2][Sn]([CH2]CCC)([CH2]CCC)[C@@H](CC(C#COC(=O)N(C(C)C)C(C)C)O[Si](C)(C)C(C)(C)C)OC(=O)N(C(C)C)C(C)C. The molecule has 0 aromatic carbocycles. The van der Waals surface area contributed by atoms with Gasteiger partial charge >= 0.3 is 292 Å². The summed E-state index contributed by atoms with van der Waals surface area (Å²) >= 11 is -3.19. The van der Waals surface area contributed by atoms with Crippen molar-refractivity contribution in [3.05, 3.63) is 0 Å². The Bertz CT molecular complexity index is 914. The number of ether oxygens (including phenoxy) is 2. The molecule has 46 heavy (non-hydrogen) atoms. The van der Waals surface area contributed by atoms with E-state index >= 15 is 0 Å². The molecule has 7 nitrogen and oxygen atoms in total. The molecular weight excluding hydrogens is 699 g/mol. The molecule has 0 radical (unpaired) electrons. The number of hydrogen-bond donors (Lipinski definition) is 0. The Morgan fingerprint density at radius 2 is 1.11 bits per heavy atom. The third kappa shape index (κ3) is 14.7. The van der Waals surface area contributed by atoms with Crippen LogP contribution in [0.15, 0.2) is 0 Å². The topological polar surface area (TPSA) is 68.3 Å². The summed E-state index contributed by atoms with van der Waals surface area (Å²) in [5, 5.41) is -0.0407. The maximum absolute atomic E-state index is 14.0. The molecule has 0 rings (SSSR count). The van der Waals surface area contributed by atoms with Crippen LogP contribution in [-0.2, 0) is 13.9 Å². The zero-order valence-electron chi connectivity index (χ0n) is 33.0. The van der Waals surface area contributed by atoms with Crippen LogP contribution in [0.2, 0.25) is 31.4 Å². The average Bonchev–Trinajstić information content (AvgIpc) is 2.90. The Balaban J connectivity index is 7.13. The summed E-state index contributed by atoms with van der Waals surface area (Å²) in [6.07, 6.45) is 8.99. The van der Waals surface area contributed by atoms with Crippen molar-refractivity contribution in [2.45, 2.75) is 208 Å². The minimum atomic E-state index is -3.19. The van der Waals surface area contributed by atoms with E-state index < -0.39 is 38.9 Å². The molecule has 0 aromatic heterocycles. The third-order valence-electron chi connectivity index (χ3n) is 9.69. The van der Waals surface area contributed by atoms with Crippen LogP contribution in [-0.4, -0.2) is 83.1 Å².